The molecule has 0 saturated heterocycles. The number of nitrogens with one attached hydrogen (secondary N) is 1. The van der Waals surface area contributed by atoms with Gasteiger partial charge >= 0.3 is 0 Å². The summed E-state index contributed by atoms with van der Waals surface area (Å²) in [6.07, 6.45) is 0. The Morgan fingerprint density at radius 1 is 1.38 bits per heavy atom. The molecule has 0 amide bonds. The van der Waals surface area contributed by atoms with Crippen molar-refractivity contribution in [2.24, 2.45) is 5.92 Å². The van der Waals surface area contributed by atoms with E-state index in [9.17, 15) is 0 Å². The fourth-order valence-corrected chi connectivity index (χ4v) is 1.65. The smallest absolute Gasteiger partial charge is 0.138 e. The first-order valence-corrected chi connectivity index (χ1v) is 5.70. The highest BCUT2D eigenvalue weighted by Gasteiger charge is 2.15. The third-order valence-corrected chi connectivity index (χ3v) is 2.87. The molecule has 0 bridgehead atoms. The highest BCUT2D eigenvalue weighted by Crippen LogP contribution is 2.12. The van der Waals surface area contributed by atoms with Crippen LogP contribution in [0.25, 0.3) is 0 Å². The fraction of sp³-hybridized carbons (Fsp3) is 0.750. The first kappa shape index (κ1) is 13.2. The maximum atomic E-state index is 5.19. The highest BCUT2D eigenvalue weighted by atomic mass is 16.5. The van der Waals surface area contributed by atoms with Crippen molar-refractivity contribution < 1.29 is 9.26 Å². The van der Waals surface area contributed by atoms with Gasteiger partial charge in [0.25, 0.3) is 0 Å². The van der Waals surface area contributed by atoms with Crippen molar-refractivity contribution in [1.82, 2.24) is 10.5 Å². The van der Waals surface area contributed by atoms with E-state index in [2.05, 4.69) is 24.3 Å². The maximum Gasteiger partial charge on any atom is 0.138 e. The van der Waals surface area contributed by atoms with Gasteiger partial charge in [0, 0.05) is 25.3 Å². The molecule has 0 saturated carbocycles. The van der Waals surface area contributed by atoms with E-state index in [0.29, 0.717) is 12.0 Å². The first-order valence-electron chi connectivity index (χ1n) is 5.70. The summed E-state index contributed by atoms with van der Waals surface area (Å²) in [7, 11) is 1.73. The normalized spacial score (nSPS) is 13.4. The van der Waals surface area contributed by atoms with E-state index < -0.39 is 0 Å². The van der Waals surface area contributed by atoms with Crippen molar-refractivity contribution in [1.29, 1.82) is 0 Å². The summed E-state index contributed by atoms with van der Waals surface area (Å²) in [5.74, 6) is 1.44. The maximum absolute atomic E-state index is 5.19. The second-order valence-electron chi connectivity index (χ2n) is 4.49. The lowest BCUT2D eigenvalue weighted by Crippen LogP contribution is -2.37. The highest BCUT2D eigenvalue weighted by molar-refractivity contribution is 5.20. The van der Waals surface area contributed by atoms with Crippen molar-refractivity contribution in [3.63, 3.8) is 0 Å². The van der Waals surface area contributed by atoms with Crippen molar-refractivity contribution in [3.05, 3.63) is 17.0 Å². The molecule has 1 aromatic rings. The van der Waals surface area contributed by atoms with Crippen LogP contribution in [-0.2, 0) is 11.3 Å². The Kier molecular flexibility index (Phi) is 4.96. The van der Waals surface area contributed by atoms with Gasteiger partial charge in [0.2, 0.25) is 0 Å². The number of methoxy groups -OCH3 is 1. The molecule has 92 valence electrons. The van der Waals surface area contributed by atoms with Crippen LogP contribution in [0.2, 0.25) is 0 Å². The van der Waals surface area contributed by atoms with Crippen molar-refractivity contribution in [2.45, 2.75) is 40.3 Å². The Balaban J connectivity index is 2.55. The number of ether oxygens (including phenoxy) is 1. The summed E-state index contributed by atoms with van der Waals surface area (Å²) in [5.41, 5.74) is 2.12. The zero-order valence-corrected chi connectivity index (χ0v) is 10.8. The average molecular weight is 226 g/mol. The lowest BCUT2D eigenvalue weighted by molar-refractivity contribution is 0.146. The van der Waals surface area contributed by atoms with E-state index in [4.69, 9.17) is 9.26 Å². The second kappa shape index (κ2) is 6.01. The minimum Gasteiger partial charge on any atom is -0.383 e. The van der Waals surface area contributed by atoms with E-state index in [1.807, 2.05) is 13.8 Å². The van der Waals surface area contributed by atoms with Crippen LogP contribution >= 0.6 is 0 Å². The molecule has 0 aliphatic rings. The zero-order valence-electron chi connectivity index (χ0n) is 10.8. The van der Waals surface area contributed by atoms with E-state index in [1.165, 1.54) is 0 Å². The minimum atomic E-state index is 0.360. The van der Waals surface area contributed by atoms with Crippen LogP contribution in [0.1, 0.15) is 30.9 Å². The number of hydrogen-bond acceptors (Lipinski definition) is 4. The first-order chi connectivity index (χ1) is 7.56. The van der Waals surface area contributed by atoms with Crippen LogP contribution in [0.4, 0.5) is 0 Å². The Bertz CT molecular complexity index is 301. The molecule has 4 heteroatoms. The molecule has 4 nitrogen and oxygen atoms in total. The lowest BCUT2D eigenvalue weighted by Gasteiger charge is -2.21. The Morgan fingerprint density at radius 3 is 2.50 bits per heavy atom. The molecular formula is C12H22N2O2. The quantitative estimate of drug-likeness (QED) is 0.806. The summed E-state index contributed by atoms with van der Waals surface area (Å²) < 4.78 is 10.3. The Labute approximate surface area is 97.3 Å². The van der Waals surface area contributed by atoms with E-state index in [1.54, 1.807) is 7.11 Å². The summed E-state index contributed by atoms with van der Waals surface area (Å²) >= 11 is 0. The largest absolute Gasteiger partial charge is 0.383 e. The van der Waals surface area contributed by atoms with Gasteiger partial charge in [-0.05, 0) is 19.8 Å². The third kappa shape index (κ3) is 3.32. The average Bonchev–Trinajstić information content (AvgIpc) is 2.54. The molecule has 1 aromatic heterocycles. The predicted octanol–water partition coefficient (Wildman–Crippen LogP) is 2.05. The standard InChI is InChI=1S/C12H22N2O2/c1-8(2)12(7-15-5)13-6-11-9(3)14-16-10(11)4/h8,12-13H,6-7H2,1-5H3. The molecule has 1 heterocycles. The SMILES string of the molecule is COCC(NCc1c(C)noc1C)C(C)C. The van der Waals surface area contributed by atoms with Gasteiger partial charge in [0.1, 0.15) is 5.76 Å². The van der Waals surface area contributed by atoms with Crippen LogP contribution in [0.3, 0.4) is 0 Å². The summed E-state index contributed by atoms with van der Waals surface area (Å²) in [6.45, 7) is 9.79. The van der Waals surface area contributed by atoms with Crippen LogP contribution in [0.5, 0.6) is 0 Å². The van der Waals surface area contributed by atoms with Gasteiger partial charge in [-0.15, -0.1) is 0 Å². The molecule has 1 unspecified atom stereocenters. The van der Waals surface area contributed by atoms with Gasteiger partial charge < -0.3 is 14.6 Å². The van der Waals surface area contributed by atoms with Crippen LogP contribution in [-0.4, -0.2) is 24.9 Å². The van der Waals surface area contributed by atoms with Crippen molar-refractivity contribution in [3.8, 4) is 0 Å². The molecule has 0 aromatic carbocycles. The Hall–Kier alpha value is -0.870. The lowest BCUT2D eigenvalue weighted by atomic mass is 10.0. The summed E-state index contributed by atoms with van der Waals surface area (Å²) in [4.78, 5) is 0. The number of rotatable bonds is 6. The van der Waals surface area contributed by atoms with Crippen LogP contribution in [0, 0.1) is 19.8 Å². The minimum absolute atomic E-state index is 0.360. The van der Waals surface area contributed by atoms with Gasteiger partial charge in [-0.2, -0.15) is 0 Å². The van der Waals surface area contributed by atoms with Crippen molar-refractivity contribution >= 4 is 0 Å². The zero-order chi connectivity index (χ0) is 12.1. The molecular weight excluding hydrogens is 204 g/mol. The second-order valence-corrected chi connectivity index (χ2v) is 4.49. The third-order valence-electron chi connectivity index (χ3n) is 2.87. The number of aryl methyl sites for hydroxylation is 2. The molecule has 0 radical (unpaired) electrons. The molecule has 1 atom stereocenters. The monoisotopic (exact) mass is 226 g/mol. The summed E-state index contributed by atoms with van der Waals surface area (Å²) in [5, 5.41) is 7.42. The molecule has 0 aliphatic carbocycles. The molecule has 1 N–H and O–H groups in total. The molecule has 0 spiro atoms. The molecule has 0 aliphatic heterocycles. The fourth-order valence-electron chi connectivity index (χ4n) is 1.65. The number of nitrogens with zero attached hydrogens (tertiary/aromatic N) is 1. The molecule has 0 fully saturated rings. The number of aromatic nitrogens is 1. The number of hydrogen-bond donors (Lipinski definition) is 1. The van der Waals surface area contributed by atoms with E-state index in [0.717, 1.165) is 30.2 Å². The molecule has 1 rings (SSSR count). The van der Waals surface area contributed by atoms with Gasteiger partial charge in [-0.25, -0.2) is 0 Å². The van der Waals surface area contributed by atoms with Crippen LogP contribution < -0.4 is 5.32 Å². The van der Waals surface area contributed by atoms with Gasteiger partial charge in [0.05, 0.1) is 12.3 Å². The van der Waals surface area contributed by atoms with Gasteiger partial charge in [-0.3, -0.25) is 0 Å². The van der Waals surface area contributed by atoms with Gasteiger partial charge in [0.15, 0.2) is 0 Å². The van der Waals surface area contributed by atoms with Crippen molar-refractivity contribution in [2.75, 3.05) is 13.7 Å². The predicted molar refractivity (Wildman–Crippen MR) is 63.3 cm³/mol. The van der Waals surface area contributed by atoms with E-state index in [-0.39, 0.29) is 0 Å². The molecule has 16 heavy (non-hydrogen) atoms. The Morgan fingerprint density at radius 2 is 2.06 bits per heavy atom. The summed E-state index contributed by atoms with van der Waals surface area (Å²) in [6, 6.07) is 0.360. The van der Waals surface area contributed by atoms with E-state index >= 15 is 0 Å². The van der Waals surface area contributed by atoms with Crippen LogP contribution in [0.15, 0.2) is 4.52 Å². The van der Waals surface area contributed by atoms with Gasteiger partial charge in [-0.1, -0.05) is 19.0 Å². The topological polar surface area (TPSA) is 47.3 Å².